The molecule has 0 aliphatic heterocycles. The molecule has 0 saturated carbocycles. The standard InChI is InChI=1S/C25H20FN9/c1-2-27-10-14-9-15(12-28-11-14)21-20(26)19-18(13-31-21)34-35-23(19)25-32-22-16(6-8-30-24(22)33-25)17-5-3-4-7-29-17/h3-9,11-13,27H,2,10H2,1H3,(H,34,35)(H,30,32,33). The highest BCUT2D eigenvalue weighted by Crippen LogP contribution is 2.33. The smallest absolute Gasteiger partial charge is 0.178 e. The van der Waals surface area contributed by atoms with Crippen LogP contribution in [-0.2, 0) is 6.54 Å². The van der Waals surface area contributed by atoms with E-state index in [0.717, 1.165) is 23.4 Å². The van der Waals surface area contributed by atoms with Crippen molar-refractivity contribution in [2.45, 2.75) is 13.5 Å². The molecule has 0 aliphatic rings. The maximum Gasteiger partial charge on any atom is 0.178 e. The van der Waals surface area contributed by atoms with Crippen LogP contribution in [0, 0.1) is 5.82 Å². The molecule has 9 nitrogen and oxygen atoms in total. The lowest BCUT2D eigenvalue weighted by molar-refractivity contribution is 0.638. The van der Waals surface area contributed by atoms with Crippen molar-refractivity contribution in [2.24, 2.45) is 0 Å². The molecule has 0 aliphatic carbocycles. The number of fused-ring (bicyclic) bond motifs is 2. The zero-order chi connectivity index (χ0) is 23.8. The molecule has 172 valence electrons. The fourth-order valence-corrected chi connectivity index (χ4v) is 4.09. The quantitative estimate of drug-likeness (QED) is 0.336. The van der Waals surface area contributed by atoms with Crippen molar-refractivity contribution in [1.82, 2.24) is 45.4 Å². The van der Waals surface area contributed by atoms with Crippen LogP contribution >= 0.6 is 0 Å². The summed E-state index contributed by atoms with van der Waals surface area (Å²) in [6.45, 7) is 3.50. The van der Waals surface area contributed by atoms with Gasteiger partial charge in [-0.25, -0.2) is 14.4 Å². The van der Waals surface area contributed by atoms with Gasteiger partial charge in [0.05, 0.1) is 28.3 Å². The molecule has 0 bridgehead atoms. The zero-order valence-electron chi connectivity index (χ0n) is 18.7. The van der Waals surface area contributed by atoms with Crippen LogP contribution in [0.15, 0.2) is 61.3 Å². The lowest BCUT2D eigenvalue weighted by Crippen LogP contribution is -2.11. The van der Waals surface area contributed by atoms with Crippen LogP contribution in [0.25, 0.3) is 56.1 Å². The van der Waals surface area contributed by atoms with Gasteiger partial charge in [-0.3, -0.25) is 20.1 Å². The van der Waals surface area contributed by atoms with E-state index in [4.69, 9.17) is 0 Å². The van der Waals surface area contributed by atoms with Gasteiger partial charge in [-0.1, -0.05) is 13.0 Å². The number of aromatic nitrogens is 8. The summed E-state index contributed by atoms with van der Waals surface area (Å²) in [4.78, 5) is 25.3. The molecule has 10 heteroatoms. The van der Waals surface area contributed by atoms with Gasteiger partial charge in [-0.15, -0.1) is 0 Å². The van der Waals surface area contributed by atoms with Gasteiger partial charge in [0, 0.05) is 42.5 Å². The minimum Gasteiger partial charge on any atom is -0.335 e. The van der Waals surface area contributed by atoms with E-state index in [0.29, 0.717) is 45.7 Å². The zero-order valence-corrected chi connectivity index (χ0v) is 18.7. The van der Waals surface area contributed by atoms with Gasteiger partial charge >= 0.3 is 0 Å². The number of aromatic amines is 2. The number of rotatable bonds is 6. The number of imidazole rings is 1. The highest BCUT2D eigenvalue weighted by molar-refractivity contribution is 5.96. The highest BCUT2D eigenvalue weighted by Gasteiger charge is 2.21. The topological polar surface area (TPSA) is 121 Å². The van der Waals surface area contributed by atoms with Crippen LogP contribution in [0.4, 0.5) is 4.39 Å². The van der Waals surface area contributed by atoms with Crippen molar-refractivity contribution in [2.75, 3.05) is 6.54 Å². The monoisotopic (exact) mass is 465 g/mol. The summed E-state index contributed by atoms with van der Waals surface area (Å²) in [6.07, 6.45) is 8.34. The molecule has 0 saturated heterocycles. The second-order valence-corrected chi connectivity index (χ2v) is 8.00. The Morgan fingerprint density at radius 2 is 1.94 bits per heavy atom. The first-order chi connectivity index (χ1) is 17.2. The third kappa shape index (κ3) is 3.69. The number of halogens is 1. The summed E-state index contributed by atoms with van der Waals surface area (Å²) in [6, 6.07) is 9.44. The van der Waals surface area contributed by atoms with Crippen molar-refractivity contribution in [3.8, 4) is 34.0 Å². The Bertz CT molecular complexity index is 1660. The molecule has 6 aromatic heterocycles. The van der Waals surface area contributed by atoms with E-state index < -0.39 is 5.82 Å². The molecule has 3 N–H and O–H groups in total. The van der Waals surface area contributed by atoms with Crippen LogP contribution in [0.2, 0.25) is 0 Å². The summed E-state index contributed by atoms with van der Waals surface area (Å²) in [5, 5.41) is 10.8. The molecule has 6 heterocycles. The van der Waals surface area contributed by atoms with Gasteiger partial charge in [-0.05, 0) is 36.4 Å². The van der Waals surface area contributed by atoms with Crippen LogP contribution in [0.3, 0.4) is 0 Å². The van der Waals surface area contributed by atoms with Crippen molar-refractivity contribution in [3.05, 3.63) is 72.7 Å². The van der Waals surface area contributed by atoms with Gasteiger partial charge < -0.3 is 10.3 Å². The highest BCUT2D eigenvalue weighted by atomic mass is 19.1. The molecule has 0 aromatic carbocycles. The summed E-state index contributed by atoms with van der Waals surface area (Å²) in [7, 11) is 0. The summed E-state index contributed by atoms with van der Waals surface area (Å²) in [5.41, 5.74) is 5.39. The average Bonchev–Trinajstić information content (AvgIpc) is 3.53. The first-order valence-corrected chi connectivity index (χ1v) is 11.2. The Balaban J connectivity index is 1.48. The number of nitrogens with zero attached hydrogens (tertiary/aromatic N) is 6. The molecule has 6 rings (SSSR count). The largest absolute Gasteiger partial charge is 0.335 e. The number of H-pyrrole nitrogens is 2. The van der Waals surface area contributed by atoms with E-state index in [-0.39, 0.29) is 5.69 Å². The normalized spacial score (nSPS) is 11.5. The molecular weight excluding hydrogens is 445 g/mol. The van der Waals surface area contributed by atoms with Crippen molar-refractivity contribution >= 4 is 22.1 Å². The van der Waals surface area contributed by atoms with E-state index in [9.17, 15) is 0 Å². The van der Waals surface area contributed by atoms with Gasteiger partial charge in [0.25, 0.3) is 0 Å². The molecule has 0 unspecified atom stereocenters. The first kappa shape index (κ1) is 21.0. The van der Waals surface area contributed by atoms with E-state index >= 15 is 4.39 Å². The fourth-order valence-electron chi connectivity index (χ4n) is 4.09. The summed E-state index contributed by atoms with van der Waals surface area (Å²) in [5.74, 6) is -0.0933. The Morgan fingerprint density at radius 3 is 2.80 bits per heavy atom. The molecule has 0 radical (unpaired) electrons. The third-order valence-corrected chi connectivity index (χ3v) is 5.75. The molecule has 0 atom stereocenters. The van der Waals surface area contributed by atoms with Crippen LogP contribution in [0.5, 0.6) is 0 Å². The number of nitrogens with one attached hydrogen (secondary N) is 3. The number of hydrogen-bond acceptors (Lipinski definition) is 7. The maximum absolute atomic E-state index is 15.9. The van der Waals surface area contributed by atoms with E-state index in [1.54, 1.807) is 31.0 Å². The van der Waals surface area contributed by atoms with Crippen molar-refractivity contribution in [3.63, 3.8) is 0 Å². The van der Waals surface area contributed by atoms with E-state index in [2.05, 4.69) is 45.4 Å². The lowest BCUT2D eigenvalue weighted by atomic mass is 10.1. The van der Waals surface area contributed by atoms with Crippen LogP contribution < -0.4 is 5.32 Å². The maximum atomic E-state index is 15.9. The third-order valence-electron chi connectivity index (χ3n) is 5.75. The van der Waals surface area contributed by atoms with Gasteiger partial charge in [0.15, 0.2) is 17.3 Å². The lowest BCUT2D eigenvalue weighted by Gasteiger charge is -2.07. The Hall–Kier alpha value is -4.57. The predicted octanol–water partition coefficient (Wildman–Crippen LogP) is 4.27. The second-order valence-electron chi connectivity index (χ2n) is 8.00. The summed E-state index contributed by atoms with van der Waals surface area (Å²) < 4.78 is 15.9. The SMILES string of the molecule is CCNCc1cncc(-c2ncc3[nH]nc(-c4nc5nccc(-c6ccccn6)c5[nH]4)c3c2F)c1. The molecule has 0 fully saturated rings. The Kier molecular flexibility index (Phi) is 5.19. The molecular formula is C25H20FN9. The van der Waals surface area contributed by atoms with Crippen molar-refractivity contribution in [1.29, 1.82) is 0 Å². The molecule has 6 aromatic rings. The Morgan fingerprint density at radius 1 is 1.00 bits per heavy atom. The number of pyridine rings is 4. The molecule has 35 heavy (non-hydrogen) atoms. The average molecular weight is 465 g/mol. The fraction of sp³-hybridized carbons (Fsp3) is 0.120. The number of hydrogen-bond donors (Lipinski definition) is 3. The second kappa shape index (κ2) is 8.65. The Labute approximate surface area is 198 Å². The van der Waals surface area contributed by atoms with Crippen molar-refractivity contribution < 1.29 is 4.39 Å². The van der Waals surface area contributed by atoms with Gasteiger partial charge in [0.1, 0.15) is 11.4 Å². The molecule has 0 spiro atoms. The predicted molar refractivity (Wildman–Crippen MR) is 131 cm³/mol. The first-order valence-electron chi connectivity index (χ1n) is 11.2. The minimum atomic E-state index is -0.494. The summed E-state index contributed by atoms with van der Waals surface area (Å²) >= 11 is 0. The van der Waals surface area contributed by atoms with Gasteiger partial charge in [-0.2, -0.15) is 5.10 Å². The molecule has 0 amide bonds. The van der Waals surface area contributed by atoms with E-state index in [1.807, 2.05) is 37.3 Å². The van der Waals surface area contributed by atoms with Crippen LogP contribution in [0.1, 0.15) is 12.5 Å². The van der Waals surface area contributed by atoms with Gasteiger partial charge in [0.2, 0.25) is 0 Å². The van der Waals surface area contributed by atoms with E-state index in [1.165, 1.54) is 0 Å². The van der Waals surface area contributed by atoms with Crippen LogP contribution in [-0.4, -0.2) is 46.6 Å². The minimum absolute atomic E-state index is 0.203.